The van der Waals surface area contributed by atoms with Gasteiger partial charge in [0.1, 0.15) is 30.5 Å². The highest BCUT2D eigenvalue weighted by molar-refractivity contribution is 6.85. The molecule has 105 heavy (non-hydrogen) atoms. The maximum atomic E-state index is 2.59. The van der Waals surface area contributed by atoms with Crippen LogP contribution in [0.1, 0.15) is 78.5 Å². The second-order valence-electron chi connectivity index (χ2n) is 29.3. The van der Waals surface area contributed by atoms with Crippen LogP contribution in [0.25, 0.3) is 45.0 Å². The molecule has 0 spiro atoms. The van der Waals surface area contributed by atoms with E-state index in [0.717, 1.165) is 0 Å². The van der Waals surface area contributed by atoms with Gasteiger partial charge in [-0.05, 0) is 157 Å². The van der Waals surface area contributed by atoms with Crippen LogP contribution in [0.15, 0.2) is 298 Å². The molecule has 11 nitrogen and oxygen atoms in total. The molecular weight excluding hydrogens is 1280 g/mol. The quantitative estimate of drug-likeness (QED) is 0.106. The minimum atomic E-state index is -0.102. The second kappa shape index (κ2) is 26.7. The van der Waals surface area contributed by atoms with Crippen LogP contribution in [0, 0.1) is 34.6 Å². The molecule has 14 heteroatoms. The first-order valence-electron chi connectivity index (χ1n) is 37.0. The SMILES string of the molecule is Cc1cccc(C)c1B1N(c2ccccc2)c2cccc(C)c2N1c1cccc[n+]1C.Cc1cccc2c1-c1n(C)cc[n+]1B1N2c2ccccc2N1c1c(C(C)C)cccc1C(C)C.Cc1cccc2c1-c1n(cc[n+]1C)B1N2c2ccccc2N1c1c(-c2ccccc2)cccc1-c1ccccc1. The molecule has 5 aliphatic heterocycles. The fraction of sp³-hybridized carbons (Fsp3) is 0.154. The lowest BCUT2D eigenvalue weighted by Crippen LogP contribution is -2.68. The molecule has 14 aromatic rings. The first-order chi connectivity index (χ1) is 51.2. The van der Waals surface area contributed by atoms with Crippen molar-refractivity contribution in [3.8, 4) is 45.0 Å². The Hall–Kier alpha value is -12.0. The van der Waals surface area contributed by atoms with E-state index in [1.54, 1.807) is 0 Å². The summed E-state index contributed by atoms with van der Waals surface area (Å²) in [6.07, 6.45) is 11.0. The van der Waals surface area contributed by atoms with E-state index >= 15 is 0 Å². The Balaban J connectivity index is 0.000000117. The predicted octanol–water partition coefficient (Wildman–Crippen LogP) is 19.6. The van der Waals surface area contributed by atoms with E-state index in [1.165, 1.54) is 158 Å². The summed E-state index contributed by atoms with van der Waals surface area (Å²) >= 11 is 0. The van der Waals surface area contributed by atoms with Crippen LogP contribution in [-0.4, -0.2) is 30.3 Å². The molecule has 3 aromatic heterocycles. The summed E-state index contributed by atoms with van der Waals surface area (Å²) in [4.78, 5) is 15.2. The number of hydrogen-bond acceptors (Lipinski definition) is 6. The summed E-state index contributed by atoms with van der Waals surface area (Å²) in [5.74, 6) is 4.48. The van der Waals surface area contributed by atoms with Gasteiger partial charge in [0.05, 0.1) is 66.9 Å². The number of benzene rings is 11. The molecule has 0 unspecified atom stereocenters. The third-order valence-corrected chi connectivity index (χ3v) is 22.1. The van der Waals surface area contributed by atoms with E-state index in [2.05, 4.69) is 433 Å². The van der Waals surface area contributed by atoms with E-state index in [0.29, 0.717) is 11.8 Å². The lowest BCUT2D eigenvalue weighted by Gasteiger charge is -2.34. The number of pyridine rings is 1. The third-order valence-electron chi connectivity index (χ3n) is 22.1. The highest BCUT2D eigenvalue weighted by atomic mass is 15.4. The Kier molecular flexibility index (Phi) is 16.8. The molecule has 11 aromatic carbocycles. The predicted molar refractivity (Wildman–Crippen MR) is 438 cm³/mol. The monoisotopic (exact) mass is 1370 g/mol. The van der Waals surface area contributed by atoms with Crippen molar-refractivity contribution in [3.05, 3.63) is 337 Å². The topological polar surface area (TPSA) is 40.9 Å². The average molecular weight is 1370 g/mol. The van der Waals surface area contributed by atoms with Crippen LogP contribution in [-0.2, 0) is 21.1 Å². The Morgan fingerprint density at radius 1 is 0.333 bits per heavy atom. The standard InChI is InChI=1S/C35H28BN4.C29H32BN4.C27H27BN3/c1-25-13-11-22-32-33(25)35-37(2)23-24-38(35)36-39(32)30-20-9-10-21-31(30)40(36)34-28(26-14-5-3-6-15-26)18-12-19-29(34)27-16-7-4-8-17-27;1-19(2)22-12-10-13-23(20(3)4)28(22)34-25-15-8-7-14-24(25)33-26-16-9-11-21(5)27(26)29-31(6)17-18-32(29)30(33)34;1-20-12-10-13-21(2)26(20)28-30(23-15-6-5-7-16-23)24-17-11-14-22(3)27(24)31(28)25-18-8-9-19-29(25)4/h3-24H,1-2H3;7-20H,1-6H3;5-19H,1-4H3/q3*+1. The molecule has 8 heterocycles. The molecule has 0 aliphatic carbocycles. The highest BCUT2D eigenvalue weighted by Crippen LogP contribution is 2.57. The first kappa shape index (κ1) is 66.2. The lowest BCUT2D eigenvalue weighted by molar-refractivity contribution is -0.659. The number of para-hydroxylation sites is 8. The Morgan fingerprint density at radius 3 is 1.39 bits per heavy atom. The van der Waals surface area contributed by atoms with Gasteiger partial charge in [0, 0.05) is 51.1 Å². The van der Waals surface area contributed by atoms with Crippen LogP contribution < -0.4 is 47.9 Å². The van der Waals surface area contributed by atoms with Gasteiger partial charge in [0.15, 0.2) is 0 Å². The molecule has 19 rings (SSSR count). The van der Waals surface area contributed by atoms with Crippen molar-refractivity contribution in [1.29, 1.82) is 0 Å². The average Bonchev–Trinajstić information content (AvgIpc) is 1.56. The lowest BCUT2D eigenvalue weighted by atomic mass is 9.61. The molecule has 0 bridgehead atoms. The van der Waals surface area contributed by atoms with Gasteiger partial charge >= 0.3 is 21.2 Å². The van der Waals surface area contributed by atoms with Crippen molar-refractivity contribution in [2.24, 2.45) is 21.1 Å². The van der Waals surface area contributed by atoms with Crippen molar-refractivity contribution < 1.29 is 13.6 Å². The van der Waals surface area contributed by atoms with Gasteiger partial charge in [-0.25, -0.2) is 13.7 Å². The van der Waals surface area contributed by atoms with E-state index in [-0.39, 0.29) is 21.2 Å². The fourth-order valence-electron chi connectivity index (χ4n) is 17.4. The van der Waals surface area contributed by atoms with Crippen LogP contribution in [0.4, 0.5) is 68.4 Å². The summed E-state index contributed by atoms with van der Waals surface area (Å²) in [6.45, 7) is 20.4. The fourth-order valence-corrected chi connectivity index (χ4v) is 17.4. The van der Waals surface area contributed by atoms with Crippen molar-refractivity contribution in [3.63, 3.8) is 0 Å². The van der Waals surface area contributed by atoms with Gasteiger partial charge in [-0.2, -0.15) is 0 Å². The molecule has 0 fully saturated rings. The number of hydrogen-bond donors (Lipinski definition) is 0. The zero-order chi connectivity index (χ0) is 72.1. The maximum Gasteiger partial charge on any atom is 0.643 e. The molecule has 0 saturated carbocycles. The van der Waals surface area contributed by atoms with E-state index in [9.17, 15) is 0 Å². The van der Waals surface area contributed by atoms with Gasteiger partial charge in [-0.3, -0.25) is 13.8 Å². The summed E-state index contributed by atoms with van der Waals surface area (Å²) in [6, 6.07) is 96.6. The van der Waals surface area contributed by atoms with E-state index in [4.69, 9.17) is 0 Å². The number of nitrogens with zero attached hydrogens (tertiary/aromatic N) is 11. The van der Waals surface area contributed by atoms with Crippen molar-refractivity contribution in [2.45, 2.75) is 74.1 Å². The largest absolute Gasteiger partial charge is 0.643 e. The summed E-state index contributed by atoms with van der Waals surface area (Å²) in [7, 11) is 6.33. The van der Waals surface area contributed by atoms with Gasteiger partial charge < -0.3 is 24.1 Å². The first-order valence-corrected chi connectivity index (χ1v) is 37.0. The second-order valence-corrected chi connectivity index (χ2v) is 29.3. The molecule has 0 atom stereocenters. The molecular formula is C91H87B3N11+3. The minimum absolute atomic E-state index is 0.000278. The van der Waals surface area contributed by atoms with E-state index in [1.807, 2.05) is 0 Å². The van der Waals surface area contributed by atoms with Gasteiger partial charge in [-0.15, -0.1) is 0 Å². The molecule has 0 radical (unpaired) electrons. The molecule has 5 aliphatic rings. The Labute approximate surface area is 620 Å². The van der Waals surface area contributed by atoms with Gasteiger partial charge in [0.2, 0.25) is 0 Å². The summed E-state index contributed by atoms with van der Waals surface area (Å²) < 4.78 is 11.6. The molecule has 0 saturated heterocycles. The molecule has 0 amide bonds. The number of rotatable bonds is 9. The summed E-state index contributed by atoms with van der Waals surface area (Å²) in [5.41, 5.74) is 31.7. The smallest absolute Gasteiger partial charge is 0.336 e. The molecule has 0 N–H and O–H groups in total. The number of aromatic nitrogens is 5. The Morgan fingerprint density at radius 2 is 0.800 bits per heavy atom. The van der Waals surface area contributed by atoms with E-state index < -0.39 is 0 Å². The zero-order valence-corrected chi connectivity index (χ0v) is 62.1. The van der Waals surface area contributed by atoms with Crippen LogP contribution in [0.2, 0.25) is 0 Å². The van der Waals surface area contributed by atoms with Crippen molar-refractivity contribution in [2.75, 3.05) is 28.9 Å². The summed E-state index contributed by atoms with van der Waals surface area (Å²) in [5, 5.41) is 0. The number of imidazole rings is 2. The Bertz CT molecular complexity index is 5550. The van der Waals surface area contributed by atoms with Crippen LogP contribution >= 0.6 is 0 Å². The molecule has 512 valence electrons. The van der Waals surface area contributed by atoms with Gasteiger partial charge in [0.25, 0.3) is 17.5 Å². The van der Waals surface area contributed by atoms with Crippen molar-refractivity contribution >= 4 is 95.1 Å². The number of anilines is 12. The van der Waals surface area contributed by atoms with Gasteiger partial charge in [-0.1, -0.05) is 228 Å². The number of fused-ring (bicyclic) bond motifs is 17. The zero-order valence-electron chi connectivity index (χ0n) is 62.1. The number of aryl methyl sites for hydroxylation is 8. The minimum Gasteiger partial charge on any atom is -0.336 e. The normalized spacial score (nSPS) is 13.3. The highest BCUT2D eigenvalue weighted by Gasteiger charge is 2.59. The van der Waals surface area contributed by atoms with Crippen LogP contribution in [0.3, 0.4) is 0 Å². The van der Waals surface area contributed by atoms with Crippen LogP contribution in [0.5, 0.6) is 0 Å². The van der Waals surface area contributed by atoms with Crippen molar-refractivity contribution in [1.82, 2.24) is 9.05 Å². The maximum absolute atomic E-state index is 2.59. The third kappa shape index (κ3) is 10.8.